The first-order valence-corrected chi connectivity index (χ1v) is 7.63. The number of likely N-dealkylation sites (N-methyl/N-ethyl adjacent to an activating group) is 1. The summed E-state index contributed by atoms with van der Waals surface area (Å²) in [6.45, 7) is 14.5. The van der Waals surface area contributed by atoms with E-state index in [1.807, 2.05) is 0 Å². The van der Waals surface area contributed by atoms with Gasteiger partial charge in [0, 0.05) is 19.1 Å². The molecule has 0 heterocycles. The van der Waals surface area contributed by atoms with Gasteiger partial charge in [-0.1, -0.05) is 40.5 Å². The molecule has 18 heavy (non-hydrogen) atoms. The molecule has 0 aromatic heterocycles. The molecule has 0 aliphatic carbocycles. The summed E-state index contributed by atoms with van der Waals surface area (Å²) < 4.78 is 0. The van der Waals surface area contributed by atoms with Crippen molar-refractivity contribution in [2.24, 2.45) is 5.92 Å². The summed E-state index contributed by atoms with van der Waals surface area (Å²) in [6.07, 6.45) is 3.53. The number of nitrogens with zero attached hydrogens (tertiary/aromatic N) is 1. The van der Waals surface area contributed by atoms with E-state index in [2.05, 4.69) is 44.8 Å². The Hall–Kier alpha value is -0.120. The number of aliphatic hydroxyl groups excluding tert-OH is 1. The maximum absolute atomic E-state index is 9.94. The van der Waals surface area contributed by atoms with Crippen LogP contribution in [0.25, 0.3) is 0 Å². The van der Waals surface area contributed by atoms with Crippen LogP contribution >= 0.6 is 0 Å². The molecule has 2 atom stereocenters. The van der Waals surface area contributed by atoms with E-state index in [0.717, 1.165) is 25.6 Å². The zero-order valence-corrected chi connectivity index (χ0v) is 13.1. The van der Waals surface area contributed by atoms with Crippen LogP contribution in [0.15, 0.2) is 0 Å². The Balaban J connectivity index is 3.61. The van der Waals surface area contributed by atoms with E-state index in [4.69, 9.17) is 0 Å². The van der Waals surface area contributed by atoms with Crippen LogP contribution in [0.3, 0.4) is 0 Å². The fourth-order valence-electron chi connectivity index (χ4n) is 2.12. The van der Waals surface area contributed by atoms with E-state index in [1.54, 1.807) is 0 Å². The third kappa shape index (κ3) is 9.86. The average Bonchev–Trinajstić information content (AvgIpc) is 2.33. The van der Waals surface area contributed by atoms with Crippen LogP contribution in [0.4, 0.5) is 0 Å². The molecule has 3 heteroatoms. The summed E-state index contributed by atoms with van der Waals surface area (Å²) in [5, 5.41) is 13.4. The highest BCUT2D eigenvalue weighted by Gasteiger charge is 2.10. The largest absolute Gasteiger partial charge is 0.390 e. The van der Waals surface area contributed by atoms with Crippen LogP contribution < -0.4 is 5.32 Å². The van der Waals surface area contributed by atoms with Gasteiger partial charge in [-0.2, -0.15) is 0 Å². The van der Waals surface area contributed by atoms with Crippen LogP contribution in [-0.4, -0.2) is 48.3 Å². The van der Waals surface area contributed by atoms with E-state index in [1.165, 1.54) is 19.3 Å². The molecule has 3 nitrogen and oxygen atoms in total. The fourth-order valence-corrected chi connectivity index (χ4v) is 2.12. The minimum Gasteiger partial charge on any atom is -0.390 e. The predicted molar refractivity (Wildman–Crippen MR) is 79.9 cm³/mol. The lowest BCUT2D eigenvalue weighted by Crippen LogP contribution is -2.40. The van der Waals surface area contributed by atoms with Gasteiger partial charge in [0.1, 0.15) is 0 Å². The Morgan fingerprint density at radius 2 is 1.67 bits per heavy atom. The third-order valence-corrected chi connectivity index (χ3v) is 3.48. The monoisotopic (exact) mass is 258 g/mol. The van der Waals surface area contributed by atoms with Gasteiger partial charge in [-0.15, -0.1) is 0 Å². The number of rotatable bonds is 11. The second-order valence-corrected chi connectivity index (χ2v) is 5.77. The number of hydrogen-bond donors (Lipinski definition) is 2. The molecule has 0 radical (unpaired) electrons. The minimum absolute atomic E-state index is 0.252. The molecule has 2 N–H and O–H groups in total. The molecule has 0 spiro atoms. The van der Waals surface area contributed by atoms with Gasteiger partial charge in [0.15, 0.2) is 0 Å². The first kappa shape index (κ1) is 17.9. The van der Waals surface area contributed by atoms with Gasteiger partial charge >= 0.3 is 0 Å². The summed E-state index contributed by atoms with van der Waals surface area (Å²) in [6, 6.07) is 0.509. The van der Waals surface area contributed by atoms with Crippen LogP contribution in [0, 0.1) is 5.92 Å². The van der Waals surface area contributed by atoms with Crippen molar-refractivity contribution in [2.75, 3.05) is 26.2 Å². The Bertz CT molecular complexity index is 181. The van der Waals surface area contributed by atoms with Crippen molar-refractivity contribution in [3.05, 3.63) is 0 Å². The molecule has 0 fully saturated rings. The minimum atomic E-state index is -0.252. The van der Waals surface area contributed by atoms with Gasteiger partial charge in [-0.05, 0) is 32.4 Å². The highest BCUT2D eigenvalue weighted by atomic mass is 16.3. The third-order valence-electron chi connectivity index (χ3n) is 3.48. The first-order chi connectivity index (χ1) is 8.49. The van der Waals surface area contributed by atoms with E-state index in [0.29, 0.717) is 12.6 Å². The van der Waals surface area contributed by atoms with Crippen molar-refractivity contribution in [3.63, 3.8) is 0 Å². The highest BCUT2D eigenvalue weighted by molar-refractivity contribution is 4.69. The second kappa shape index (κ2) is 10.8. The standard InChI is InChI=1S/C15H34N2O/c1-6-17(7-2)12-15(18)11-16-14(5)10-8-9-13(3)4/h13-16,18H,6-12H2,1-5H3. The molecule has 0 aliphatic heterocycles. The lowest BCUT2D eigenvalue weighted by molar-refractivity contribution is 0.114. The first-order valence-electron chi connectivity index (χ1n) is 7.63. The SMILES string of the molecule is CCN(CC)CC(O)CNC(C)CCCC(C)C. The molecule has 0 amide bonds. The normalized spacial score (nSPS) is 15.3. The molecule has 0 saturated heterocycles. The summed E-state index contributed by atoms with van der Waals surface area (Å²) in [7, 11) is 0. The summed E-state index contributed by atoms with van der Waals surface area (Å²) in [4.78, 5) is 2.26. The van der Waals surface area contributed by atoms with Gasteiger partial charge in [0.05, 0.1) is 6.10 Å². The van der Waals surface area contributed by atoms with Crippen molar-refractivity contribution in [1.82, 2.24) is 10.2 Å². The molecule has 0 aromatic rings. The van der Waals surface area contributed by atoms with Crippen molar-refractivity contribution >= 4 is 0 Å². The van der Waals surface area contributed by atoms with Crippen LogP contribution in [0.5, 0.6) is 0 Å². The van der Waals surface area contributed by atoms with Crippen LogP contribution in [-0.2, 0) is 0 Å². The van der Waals surface area contributed by atoms with Crippen molar-refractivity contribution in [3.8, 4) is 0 Å². The number of nitrogens with one attached hydrogen (secondary N) is 1. The van der Waals surface area contributed by atoms with Crippen LogP contribution in [0.1, 0.15) is 53.9 Å². The van der Waals surface area contributed by atoms with E-state index < -0.39 is 0 Å². The molecular weight excluding hydrogens is 224 g/mol. The summed E-state index contributed by atoms with van der Waals surface area (Å²) in [5.41, 5.74) is 0. The van der Waals surface area contributed by atoms with Gasteiger partial charge in [-0.25, -0.2) is 0 Å². The second-order valence-electron chi connectivity index (χ2n) is 5.77. The van der Waals surface area contributed by atoms with Gasteiger partial charge in [0.25, 0.3) is 0 Å². The van der Waals surface area contributed by atoms with Crippen LogP contribution in [0.2, 0.25) is 0 Å². The number of hydrogen-bond acceptors (Lipinski definition) is 3. The molecule has 0 bridgehead atoms. The highest BCUT2D eigenvalue weighted by Crippen LogP contribution is 2.08. The van der Waals surface area contributed by atoms with E-state index >= 15 is 0 Å². The fraction of sp³-hybridized carbons (Fsp3) is 1.00. The molecular formula is C15H34N2O. The van der Waals surface area contributed by atoms with Crippen molar-refractivity contribution in [2.45, 2.75) is 66.0 Å². The molecule has 110 valence electrons. The zero-order chi connectivity index (χ0) is 14.0. The van der Waals surface area contributed by atoms with Crippen molar-refractivity contribution < 1.29 is 5.11 Å². The zero-order valence-electron chi connectivity index (χ0n) is 13.1. The lowest BCUT2D eigenvalue weighted by atomic mass is 10.0. The smallest absolute Gasteiger partial charge is 0.0791 e. The maximum Gasteiger partial charge on any atom is 0.0791 e. The molecule has 0 rings (SSSR count). The van der Waals surface area contributed by atoms with E-state index in [-0.39, 0.29) is 6.10 Å². The Morgan fingerprint density at radius 3 is 2.17 bits per heavy atom. The Labute approximate surface area is 114 Å². The molecule has 0 aromatic carbocycles. The van der Waals surface area contributed by atoms with Gasteiger partial charge < -0.3 is 15.3 Å². The average molecular weight is 258 g/mol. The maximum atomic E-state index is 9.94. The van der Waals surface area contributed by atoms with Crippen molar-refractivity contribution in [1.29, 1.82) is 0 Å². The molecule has 0 saturated carbocycles. The topological polar surface area (TPSA) is 35.5 Å². The Kier molecular flexibility index (Phi) is 10.7. The van der Waals surface area contributed by atoms with Gasteiger partial charge in [0.2, 0.25) is 0 Å². The Morgan fingerprint density at radius 1 is 1.06 bits per heavy atom. The summed E-state index contributed by atoms with van der Waals surface area (Å²) >= 11 is 0. The number of aliphatic hydroxyl groups is 1. The lowest BCUT2D eigenvalue weighted by Gasteiger charge is -2.23. The van der Waals surface area contributed by atoms with E-state index in [9.17, 15) is 5.11 Å². The van der Waals surface area contributed by atoms with Gasteiger partial charge in [-0.3, -0.25) is 0 Å². The summed E-state index contributed by atoms with van der Waals surface area (Å²) in [5.74, 6) is 0.797. The molecule has 2 unspecified atom stereocenters. The predicted octanol–water partition coefficient (Wildman–Crippen LogP) is 2.49. The molecule has 0 aliphatic rings. The quantitative estimate of drug-likeness (QED) is 0.598.